The van der Waals surface area contributed by atoms with Gasteiger partial charge >= 0.3 is 0 Å². The molecule has 1 rings (SSSR count). The summed E-state index contributed by atoms with van der Waals surface area (Å²) in [5, 5.41) is 3.43. The van der Waals surface area contributed by atoms with Crippen LogP contribution in [0.5, 0.6) is 0 Å². The highest BCUT2D eigenvalue weighted by molar-refractivity contribution is 5.22. The minimum atomic E-state index is 0.233. The molecule has 0 radical (unpaired) electrons. The molecule has 0 aromatic heterocycles. The lowest BCUT2D eigenvalue weighted by Gasteiger charge is -2.18. The lowest BCUT2D eigenvalue weighted by atomic mass is 10.1. The molecule has 1 atom stereocenters. The largest absolute Gasteiger partial charge is 0.326 e. The molecular formula is C17H31N3. The van der Waals surface area contributed by atoms with Gasteiger partial charge in [0, 0.05) is 25.7 Å². The van der Waals surface area contributed by atoms with Gasteiger partial charge in [0.25, 0.3) is 0 Å². The standard InChI is InChI=1S/C17H31N3/c1-5-20(6-2)13-16-9-7-15(8-10-16)11-19-12-17(18)14(3)4/h7-10,14,17,19H,5-6,11-13,18H2,1-4H3. The smallest absolute Gasteiger partial charge is 0.0233 e. The summed E-state index contributed by atoms with van der Waals surface area (Å²) in [7, 11) is 0. The van der Waals surface area contributed by atoms with Gasteiger partial charge < -0.3 is 11.1 Å². The zero-order chi connectivity index (χ0) is 15.0. The van der Waals surface area contributed by atoms with Crippen molar-refractivity contribution in [2.75, 3.05) is 19.6 Å². The second kappa shape index (κ2) is 9.11. The lowest BCUT2D eigenvalue weighted by molar-refractivity contribution is 0.296. The van der Waals surface area contributed by atoms with E-state index in [4.69, 9.17) is 5.73 Å². The summed E-state index contributed by atoms with van der Waals surface area (Å²) < 4.78 is 0. The Morgan fingerprint density at radius 2 is 1.60 bits per heavy atom. The molecule has 0 aliphatic heterocycles. The van der Waals surface area contributed by atoms with Gasteiger partial charge in [-0.15, -0.1) is 0 Å². The Morgan fingerprint density at radius 1 is 1.05 bits per heavy atom. The fraction of sp³-hybridized carbons (Fsp3) is 0.647. The zero-order valence-corrected chi connectivity index (χ0v) is 13.5. The normalized spacial score (nSPS) is 13.2. The topological polar surface area (TPSA) is 41.3 Å². The summed E-state index contributed by atoms with van der Waals surface area (Å²) in [6.45, 7) is 13.8. The van der Waals surface area contributed by atoms with Crippen LogP contribution in [0.4, 0.5) is 0 Å². The van der Waals surface area contributed by atoms with Crippen LogP contribution in [0.25, 0.3) is 0 Å². The van der Waals surface area contributed by atoms with Gasteiger partial charge in [-0.25, -0.2) is 0 Å². The Morgan fingerprint density at radius 3 is 2.10 bits per heavy atom. The molecule has 0 spiro atoms. The van der Waals surface area contributed by atoms with Crippen molar-refractivity contribution >= 4 is 0 Å². The lowest BCUT2D eigenvalue weighted by Crippen LogP contribution is -2.37. The van der Waals surface area contributed by atoms with Crippen molar-refractivity contribution in [1.82, 2.24) is 10.2 Å². The van der Waals surface area contributed by atoms with E-state index >= 15 is 0 Å². The molecule has 3 nitrogen and oxygen atoms in total. The minimum absolute atomic E-state index is 0.233. The van der Waals surface area contributed by atoms with Crippen molar-refractivity contribution in [2.24, 2.45) is 11.7 Å². The molecule has 0 fully saturated rings. The average molecular weight is 277 g/mol. The van der Waals surface area contributed by atoms with Crippen LogP contribution in [0.15, 0.2) is 24.3 Å². The predicted molar refractivity (Wildman–Crippen MR) is 87.6 cm³/mol. The molecule has 0 aliphatic carbocycles. The van der Waals surface area contributed by atoms with Crippen molar-refractivity contribution in [3.05, 3.63) is 35.4 Å². The van der Waals surface area contributed by atoms with Crippen LogP contribution in [0, 0.1) is 5.92 Å². The molecule has 3 heteroatoms. The van der Waals surface area contributed by atoms with Gasteiger partial charge in [-0.1, -0.05) is 52.0 Å². The monoisotopic (exact) mass is 277 g/mol. The van der Waals surface area contributed by atoms with Crippen molar-refractivity contribution in [2.45, 2.75) is 46.8 Å². The summed E-state index contributed by atoms with van der Waals surface area (Å²) in [6, 6.07) is 9.13. The highest BCUT2D eigenvalue weighted by Gasteiger charge is 2.06. The van der Waals surface area contributed by atoms with E-state index in [1.54, 1.807) is 0 Å². The Kier molecular flexibility index (Phi) is 7.82. The second-order valence-electron chi connectivity index (χ2n) is 5.82. The Balaban J connectivity index is 2.39. The Hall–Kier alpha value is -0.900. The number of hydrogen-bond acceptors (Lipinski definition) is 3. The third kappa shape index (κ3) is 6.04. The van der Waals surface area contributed by atoms with Crippen molar-refractivity contribution in [3.63, 3.8) is 0 Å². The molecule has 1 aromatic carbocycles. The summed E-state index contributed by atoms with van der Waals surface area (Å²) in [5.41, 5.74) is 8.73. The molecule has 0 saturated carbocycles. The van der Waals surface area contributed by atoms with E-state index in [1.807, 2.05) is 0 Å². The van der Waals surface area contributed by atoms with Crippen LogP contribution in [0.1, 0.15) is 38.8 Å². The average Bonchev–Trinajstić information content (AvgIpc) is 2.46. The van der Waals surface area contributed by atoms with Gasteiger partial charge in [0.2, 0.25) is 0 Å². The van der Waals surface area contributed by atoms with Gasteiger partial charge in [-0.2, -0.15) is 0 Å². The fourth-order valence-corrected chi connectivity index (χ4v) is 2.09. The van der Waals surface area contributed by atoms with Crippen LogP contribution in [-0.2, 0) is 13.1 Å². The van der Waals surface area contributed by atoms with Crippen LogP contribution in [0.2, 0.25) is 0 Å². The molecule has 1 aromatic rings. The number of hydrogen-bond donors (Lipinski definition) is 2. The number of nitrogens with two attached hydrogens (primary N) is 1. The molecule has 0 heterocycles. The first-order valence-electron chi connectivity index (χ1n) is 7.83. The van der Waals surface area contributed by atoms with E-state index in [1.165, 1.54) is 11.1 Å². The first-order valence-corrected chi connectivity index (χ1v) is 7.83. The molecule has 0 bridgehead atoms. The van der Waals surface area contributed by atoms with Gasteiger partial charge in [-0.05, 0) is 30.1 Å². The maximum Gasteiger partial charge on any atom is 0.0233 e. The van der Waals surface area contributed by atoms with E-state index in [2.05, 4.69) is 62.2 Å². The summed E-state index contributed by atoms with van der Waals surface area (Å²) in [4.78, 5) is 2.43. The van der Waals surface area contributed by atoms with Crippen LogP contribution < -0.4 is 11.1 Å². The number of benzene rings is 1. The van der Waals surface area contributed by atoms with Gasteiger partial charge in [0.1, 0.15) is 0 Å². The van der Waals surface area contributed by atoms with Crippen LogP contribution in [0.3, 0.4) is 0 Å². The molecule has 114 valence electrons. The van der Waals surface area contributed by atoms with E-state index in [0.29, 0.717) is 5.92 Å². The van der Waals surface area contributed by atoms with E-state index in [9.17, 15) is 0 Å². The highest BCUT2D eigenvalue weighted by Crippen LogP contribution is 2.07. The molecule has 3 N–H and O–H groups in total. The predicted octanol–water partition coefficient (Wildman–Crippen LogP) is 2.60. The summed E-state index contributed by atoms with van der Waals surface area (Å²) in [5.74, 6) is 0.527. The summed E-state index contributed by atoms with van der Waals surface area (Å²) in [6.07, 6.45) is 0. The number of nitrogens with one attached hydrogen (secondary N) is 1. The maximum absolute atomic E-state index is 6.02. The van der Waals surface area contributed by atoms with Crippen molar-refractivity contribution in [3.8, 4) is 0 Å². The molecule has 1 unspecified atom stereocenters. The number of rotatable bonds is 9. The minimum Gasteiger partial charge on any atom is -0.326 e. The molecule has 0 saturated heterocycles. The van der Waals surface area contributed by atoms with Crippen molar-refractivity contribution in [1.29, 1.82) is 0 Å². The van der Waals surface area contributed by atoms with Crippen molar-refractivity contribution < 1.29 is 0 Å². The van der Waals surface area contributed by atoms with E-state index in [0.717, 1.165) is 32.7 Å². The molecule has 20 heavy (non-hydrogen) atoms. The quantitative estimate of drug-likeness (QED) is 0.729. The van der Waals surface area contributed by atoms with Crippen LogP contribution >= 0.6 is 0 Å². The van der Waals surface area contributed by atoms with Gasteiger partial charge in [-0.3, -0.25) is 4.90 Å². The molecule has 0 aliphatic rings. The third-order valence-corrected chi connectivity index (χ3v) is 3.89. The summed E-state index contributed by atoms with van der Waals surface area (Å²) >= 11 is 0. The maximum atomic E-state index is 6.02. The van der Waals surface area contributed by atoms with E-state index < -0.39 is 0 Å². The van der Waals surface area contributed by atoms with Crippen LogP contribution in [-0.4, -0.2) is 30.6 Å². The first kappa shape index (κ1) is 17.2. The fourth-order valence-electron chi connectivity index (χ4n) is 2.09. The highest BCUT2D eigenvalue weighted by atomic mass is 15.1. The Bertz CT molecular complexity index is 355. The zero-order valence-electron chi connectivity index (χ0n) is 13.5. The second-order valence-corrected chi connectivity index (χ2v) is 5.82. The molecule has 0 amide bonds. The molecular weight excluding hydrogens is 246 g/mol. The van der Waals surface area contributed by atoms with Gasteiger partial charge in [0.05, 0.1) is 0 Å². The van der Waals surface area contributed by atoms with E-state index in [-0.39, 0.29) is 6.04 Å². The number of nitrogens with zero attached hydrogens (tertiary/aromatic N) is 1. The van der Waals surface area contributed by atoms with Gasteiger partial charge in [0.15, 0.2) is 0 Å². The SMILES string of the molecule is CCN(CC)Cc1ccc(CNCC(N)C(C)C)cc1. The Labute approximate surface area is 124 Å². The first-order chi connectivity index (χ1) is 9.56. The third-order valence-electron chi connectivity index (χ3n) is 3.89.